The molecule has 1 aliphatic carbocycles. The quantitative estimate of drug-likeness (QED) is 0.588. The molecule has 1 aromatic carbocycles. The van der Waals surface area contributed by atoms with Crippen molar-refractivity contribution < 1.29 is 0 Å². The van der Waals surface area contributed by atoms with Crippen LogP contribution in [0.25, 0.3) is 0 Å². The van der Waals surface area contributed by atoms with Crippen LogP contribution in [0.5, 0.6) is 0 Å². The molecule has 0 saturated heterocycles. The van der Waals surface area contributed by atoms with E-state index in [1.165, 1.54) is 16.7 Å². The van der Waals surface area contributed by atoms with E-state index in [4.69, 9.17) is 0 Å². The molecule has 0 saturated carbocycles. The highest BCUT2D eigenvalue weighted by Gasteiger charge is 2.04. The predicted molar refractivity (Wildman–Crippen MR) is 60.2 cm³/mol. The summed E-state index contributed by atoms with van der Waals surface area (Å²) < 4.78 is 0. The molecule has 0 fully saturated rings. The van der Waals surface area contributed by atoms with E-state index < -0.39 is 0 Å². The lowest BCUT2D eigenvalue weighted by molar-refractivity contribution is 0.920. The van der Waals surface area contributed by atoms with Gasteiger partial charge >= 0.3 is 0 Å². The molecule has 1 aromatic rings. The van der Waals surface area contributed by atoms with Gasteiger partial charge in [0.25, 0.3) is 0 Å². The standard InChI is InChI=1S/C14H16/c1-2-12-9-10-13-7-5-3-4-6-8-14(13)11-12/h9-11H,2,5-8H2,1H3. The highest BCUT2D eigenvalue weighted by Crippen LogP contribution is 2.17. The largest absolute Gasteiger partial charge is 0.103 e. The lowest BCUT2D eigenvalue weighted by atomic mass is 9.95. The fraction of sp³-hybridized carbons (Fsp3) is 0.429. The molecule has 0 N–H and O–H groups in total. The van der Waals surface area contributed by atoms with Gasteiger partial charge in [-0.15, -0.1) is 11.8 Å². The Hall–Kier alpha value is -1.22. The molecule has 0 atom stereocenters. The summed E-state index contributed by atoms with van der Waals surface area (Å²) in [6.07, 6.45) is 5.46. The van der Waals surface area contributed by atoms with Crippen LogP contribution in [0.3, 0.4) is 0 Å². The Morgan fingerprint density at radius 1 is 1.07 bits per heavy atom. The van der Waals surface area contributed by atoms with E-state index in [1.54, 1.807) is 0 Å². The Balaban J connectivity index is 2.31. The minimum Gasteiger partial charge on any atom is -0.103 e. The number of benzene rings is 1. The van der Waals surface area contributed by atoms with Crippen molar-refractivity contribution in [2.24, 2.45) is 0 Å². The van der Waals surface area contributed by atoms with Crippen LogP contribution >= 0.6 is 0 Å². The van der Waals surface area contributed by atoms with Crippen LogP contribution in [-0.4, -0.2) is 0 Å². The van der Waals surface area contributed by atoms with Crippen LogP contribution in [0.4, 0.5) is 0 Å². The van der Waals surface area contributed by atoms with Crippen molar-refractivity contribution in [3.63, 3.8) is 0 Å². The third-order valence-corrected chi connectivity index (χ3v) is 2.84. The number of hydrogen-bond donors (Lipinski definition) is 0. The van der Waals surface area contributed by atoms with E-state index in [9.17, 15) is 0 Å². The zero-order valence-corrected chi connectivity index (χ0v) is 8.77. The molecule has 0 unspecified atom stereocenters. The van der Waals surface area contributed by atoms with Crippen molar-refractivity contribution in [2.75, 3.05) is 0 Å². The second-order valence-electron chi connectivity index (χ2n) is 3.81. The molecular formula is C14H16. The van der Waals surface area contributed by atoms with Crippen molar-refractivity contribution in [2.45, 2.75) is 39.0 Å². The summed E-state index contributed by atoms with van der Waals surface area (Å²) in [6, 6.07) is 6.91. The molecule has 0 heteroatoms. The second-order valence-corrected chi connectivity index (χ2v) is 3.81. The average Bonchev–Trinajstić information content (AvgIpc) is 2.18. The highest BCUT2D eigenvalue weighted by atomic mass is 14.1. The number of aryl methyl sites for hydroxylation is 3. The summed E-state index contributed by atoms with van der Waals surface area (Å²) in [5, 5.41) is 0. The molecule has 0 radical (unpaired) electrons. The number of hydrogen-bond acceptors (Lipinski definition) is 0. The van der Waals surface area contributed by atoms with Gasteiger partial charge in [-0.25, -0.2) is 0 Å². The van der Waals surface area contributed by atoms with Gasteiger partial charge in [0.05, 0.1) is 0 Å². The van der Waals surface area contributed by atoms with Crippen molar-refractivity contribution in [3.05, 3.63) is 34.9 Å². The number of rotatable bonds is 1. The van der Waals surface area contributed by atoms with Gasteiger partial charge in [0.2, 0.25) is 0 Å². The fourth-order valence-corrected chi connectivity index (χ4v) is 1.95. The highest BCUT2D eigenvalue weighted by molar-refractivity contribution is 5.34. The molecule has 1 aliphatic rings. The normalized spacial score (nSPS) is 14.6. The molecule has 0 heterocycles. The van der Waals surface area contributed by atoms with Crippen molar-refractivity contribution in [1.29, 1.82) is 0 Å². The van der Waals surface area contributed by atoms with Gasteiger partial charge in [-0.2, -0.15) is 0 Å². The van der Waals surface area contributed by atoms with Crippen LogP contribution in [-0.2, 0) is 19.3 Å². The molecule has 0 spiro atoms. The van der Waals surface area contributed by atoms with E-state index in [-0.39, 0.29) is 0 Å². The van der Waals surface area contributed by atoms with Crippen molar-refractivity contribution in [3.8, 4) is 11.8 Å². The third kappa shape index (κ3) is 1.99. The maximum Gasteiger partial charge on any atom is 0.0129 e. The van der Waals surface area contributed by atoms with Crippen LogP contribution in [0.15, 0.2) is 18.2 Å². The first-order valence-corrected chi connectivity index (χ1v) is 5.46. The first-order valence-electron chi connectivity index (χ1n) is 5.46. The smallest absolute Gasteiger partial charge is 0.0129 e. The Morgan fingerprint density at radius 2 is 1.79 bits per heavy atom. The topological polar surface area (TPSA) is 0 Å². The zero-order chi connectivity index (χ0) is 9.80. The van der Waals surface area contributed by atoms with Crippen molar-refractivity contribution >= 4 is 0 Å². The Bertz CT molecular complexity index is 377. The van der Waals surface area contributed by atoms with Gasteiger partial charge in [-0.05, 0) is 36.0 Å². The molecule has 14 heavy (non-hydrogen) atoms. The van der Waals surface area contributed by atoms with E-state index in [0.29, 0.717) is 0 Å². The van der Waals surface area contributed by atoms with Gasteiger partial charge < -0.3 is 0 Å². The molecule has 0 amide bonds. The van der Waals surface area contributed by atoms with Gasteiger partial charge in [0, 0.05) is 12.8 Å². The summed E-state index contributed by atoms with van der Waals surface area (Å²) in [4.78, 5) is 0. The van der Waals surface area contributed by atoms with Gasteiger partial charge in [0.1, 0.15) is 0 Å². The van der Waals surface area contributed by atoms with Crippen LogP contribution < -0.4 is 0 Å². The van der Waals surface area contributed by atoms with Gasteiger partial charge in [-0.3, -0.25) is 0 Å². The summed E-state index contributed by atoms with van der Waals surface area (Å²) in [6.45, 7) is 2.21. The lowest BCUT2D eigenvalue weighted by Crippen LogP contribution is -1.98. The zero-order valence-electron chi connectivity index (χ0n) is 8.77. The van der Waals surface area contributed by atoms with Gasteiger partial charge in [-0.1, -0.05) is 25.1 Å². The predicted octanol–water partition coefficient (Wildman–Crippen LogP) is 3.13. The van der Waals surface area contributed by atoms with E-state index >= 15 is 0 Å². The first kappa shape index (κ1) is 9.34. The van der Waals surface area contributed by atoms with Gasteiger partial charge in [0.15, 0.2) is 0 Å². The lowest BCUT2D eigenvalue weighted by Gasteiger charge is -2.10. The maximum absolute atomic E-state index is 3.22. The van der Waals surface area contributed by atoms with Crippen LogP contribution in [0.2, 0.25) is 0 Å². The minimum absolute atomic E-state index is 1.03. The minimum atomic E-state index is 1.03. The Labute approximate surface area is 86.3 Å². The average molecular weight is 184 g/mol. The molecule has 72 valence electrons. The van der Waals surface area contributed by atoms with Crippen LogP contribution in [0, 0.1) is 11.8 Å². The summed E-state index contributed by atoms with van der Waals surface area (Å²) in [5.41, 5.74) is 4.49. The van der Waals surface area contributed by atoms with E-state index in [1.807, 2.05) is 0 Å². The molecule has 0 bridgehead atoms. The first-order chi connectivity index (χ1) is 6.90. The Morgan fingerprint density at radius 3 is 2.50 bits per heavy atom. The maximum atomic E-state index is 3.22. The van der Waals surface area contributed by atoms with E-state index in [2.05, 4.69) is 37.0 Å². The summed E-state index contributed by atoms with van der Waals surface area (Å²) >= 11 is 0. The molecule has 0 nitrogen and oxygen atoms in total. The van der Waals surface area contributed by atoms with Crippen molar-refractivity contribution in [1.82, 2.24) is 0 Å². The summed E-state index contributed by atoms with van der Waals surface area (Å²) in [5.74, 6) is 6.42. The number of fused-ring (bicyclic) bond motifs is 1. The monoisotopic (exact) mass is 184 g/mol. The molecule has 0 aliphatic heterocycles. The fourth-order valence-electron chi connectivity index (χ4n) is 1.95. The molecule has 2 rings (SSSR count). The third-order valence-electron chi connectivity index (χ3n) is 2.84. The summed E-state index contributed by atoms with van der Waals surface area (Å²) in [7, 11) is 0. The second kappa shape index (κ2) is 4.33. The molecule has 0 aromatic heterocycles. The Kier molecular flexibility index (Phi) is 2.89. The molecular weight excluding hydrogens is 168 g/mol. The van der Waals surface area contributed by atoms with Crippen LogP contribution in [0.1, 0.15) is 36.5 Å². The SMILES string of the molecule is CCc1ccc2c(c1)CCC#CCC2. The van der Waals surface area contributed by atoms with E-state index in [0.717, 1.165) is 32.1 Å².